The van der Waals surface area contributed by atoms with Crippen LogP contribution in [0.25, 0.3) is 11.0 Å². The summed E-state index contributed by atoms with van der Waals surface area (Å²) in [7, 11) is 2.87. The Hall–Kier alpha value is -1.75. The van der Waals surface area contributed by atoms with E-state index in [0.717, 1.165) is 0 Å². The van der Waals surface area contributed by atoms with E-state index in [1.54, 1.807) is 13.1 Å². The molecule has 2 rings (SSSR count). The van der Waals surface area contributed by atoms with Crippen LogP contribution in [0, 0.1) is 0 Å². The van der Waals surface area contributed by atoms with Crippen molar-refractivity contribution in [3.8, 4) is 0 Å². The fraction of sp³-hybridized carbons (Fsp3) is 0.200. The second-order valence-electron chi connectivity index (χ2n) is 3.33. The van der Waals surface area contributed by atoms with E-state index in [1.807, 2.05) is 0 Å². The van der Waals surface area contributed by atoms with Gasteiger partial charge >= 0.3 is 11.7 Å². The molecule has 0 aliphatic rings. The fourth-order valence-corrected chi connectivity index (χ4v) is 1.77. The zero-order valence-electron chi connectivity index (χ0n) is 8.70. The lowest BCUT2D eigenvalue weighted by Crippen LogP contribution is -2.11. The van der Waals surface area contributed by atoms with Gasteiger partial charge in [0, 0.05) is 12.1 Å². The van der Waals surface area contributed by atoms with Gasteiger partial charge in [-0.3, -0.25) is 4.57 Å². The van der Waals surface area contributed by atoms with E-state index in [4.69, 9.17) is 11.6 Å². The van der Waals surface area contributed by atoms with Crippen LogP contribution in [0.2, 0.25) is 5.02 Å². The first-order valence-corrected chi connectivity index (χ1v) is 4.89. The molecular formula is C10H9ClN2O3. The molecule has 16 heavy (non-hydrogen) atoms. The molecule has 0 bridgehead atoms. The molecule has 5 nitrogen and oxygen atoms in total. The SMILES string of the molecule is COC(=O)c1cc(Cl)cc2c1[nH]c(=O)n2C. The van der Waals surface area contributed by atoms with Gasteiger partial charge in [-0.1, -0.05) is 11.6 Å². The van der Waals surface area contributed by atoms with Crippen LogP contribution < -0.4 is 5.69 Å². The first-order valence-electron chi connectivity index (χ1n) is 4.51. The van der Waals surface area contributed by atoms with Crippen LogP contribution in [0.3, 0.4) is 0 Å². The summed E-state index contributed by atoms with van der Waals surface area (Å²) >= 11 is 5.87. The van der Waals surface area contributed by atoms with Crippen molar-refractivity contribution in [1.29, 1.82) is 0 Å². The minimum Gasteiger partial charge on any atom is -0.465 e. The summed E-state index contributed by atoms with van der Waals surface area (Å²) in [5.74, 6) is -0.533. The minimum absolute atomic E-state index is 0.253. The highest BCUT2D eigenvalue weighted by Gasteiger charge is 2.15. The summed E-state index contributed by atoms with van der Waals surface area (Å²) in [5, 5.41) is 0.377. The number of nitrogens with one attached hydrogen (secondary N) is 1. The predicted octanol–water partition coefficient (Wildman–Crippen LogP) is 1.31. The summed E-state index contributed by atoms with van der Waals surface area (Å²) in [5.41, 5.74) is 0.951. The van der Waals surface area contributed by atoms with Crippen molar-refractivity contribution in [3.05, 3.63) is 33.2 Å². The Morgan fingerprint density at radius 3 is 2.81 bits per heavy atom. The van der Waals surface area contributed by atoms with Gasteiger partial charge in [0.15, 0.2) is 0 Å². The number of benzene rings is 1. The molecule has 0 aliphatic heterocycles. The molecule has 84 valence electrons. The van der Waals surface area contributed by atoms with Gasteiger partial charge in [-0.2, -0.15) is 0 Å². The maximum atomic E-state index is 11.5. The number of aromatic amines is 1. The summed E-state index contributed by atoms with van der Waals surface area (Å²) in [6, 6.07) is 3.08. The van der Waals surface area contributed by atoms with Crippen LogP contribution in [0.5, 0.6) is 0 Å². The van der Waals surface area contributed by atoms with E-state index in [0.29, 0.717) is 16.1 Å². The molecule has 0 spiro atoms. The number of methoxy groups -OCH3 is 1. The van der Waals surface area contributed by atoms with Crippen LogP contribution in [0.4, 0.5) is 0 Å². The van der Waals surface area contributed by atoms with Gasteiger partial charge in [0.1, 0.15) is 0 Å². The highest BCUT2D eigenvalue weighted by molar-refractivity contribution is 6.31. The van der Waals surface area contributed by atoms with Crippen molar-refractivity contribution in [2.24, 2.45) is 7.05 Å². The third kappa shape index (κ3) is 1.49. The molecular weight excluding hydrogens is 232 g/mol. The first kappa shape index (κ1) is 10.8. The number of carbonyl (C=O) groups is 1. The quantitative estimate of drug-likeness (QED) is 0.765. The number of nitrogens with zero attached hydrogens (tertiary/aromatic N) is 1. The van der Waals surface area contributed by atoms with Crippen molar-refractivity contribution in [2.75, 3.05) is 7.11 Å². The second-order valence-corrected chi connectivity index (χ2v) is 3.76. The van der Waals surface area contributed by atoms with Crippen molar-refractivity contribution in [2.45, 2.75) is 0 Å². The van der Waals surface area contributed by atoms with E-state index in [-0.39, 0.29) is 11.3 Å². The number of imidazole rings is 1. The second kappa shape index (κ2) is 3.68. The number of hydrogen-bond acceptors (Lipinski definition) is 3. The molecule has 1 aromatic heterocycles. The monoisotopic (exact) mass is 240 g/mol. The average molecular weight is 241 g/mol. The molecule has 1 aromatic carbocycles. The van der Waals surface area contributed by atoms with Gasteiger partial charge in [-0.05, 0) is 12.1 Å². The van der Waals surface area contributed by atoms with E-state index in [9.17, 15) is 9.59 Å². The normalized spacial score (nSPS) is 10.7. The van der Waals surface area contributed by atoms with Crippen LogP contribution in [-0.2, 0) is 11.8 Å². The Bertz CT molecular complexity index is 627. The summed E-state index contributed by atoms with van der Waals surface area (Å²) in [4.78, 5) is 25.5. The molecule has 0 atom stereocenters. The molecule has 1 heterocycles. The Kier molecular flexibility index (Phi) is 2.47. The number of rotatable bonds is 1. The molecule has 6 heteroatoms. The third-order valence-electron chi connectivity index (χ3n) is 2.39. The van der Waals surface area contributed by atoms with Crippen molar-refractivity contribution >= 4 is 28.6 Å². The summed E-state index contributed by atoms with van der Waals surface area (Å²) in [6.07, 6.45) is 0. The number of aryl methyl sites for hydroxylation is 1. The molecule has 0 amide bonds. The average Bonchev–Trinajstić information content (AvgIpc) is 2.54. The Labute approximate surface area is 95.6 Å². The number of esters is 1. The van der Waals surface area contributed by atoms with Gasteiger partial charge in [-0.15, -0.1) is 0 Å². The third-order valence-corrected chi connectivity index (χ3v) is 2.60. The number of ether oxygens (including phenoxy) is 1. The van der Waals surface area contributed by atoms with Gasteiger partial charge in [0.05, 0.1) is 23.7 Å². The standard InChI is InChI=1S/C10H9ClN2O3/c1-13-7-4-5(11)3-6(9(14)16-2)8(7)12-10(13)15/h3-4H,1-2H3,(H,12,15). The molecule has 0 fully saturated rings. The maximum absolute atomic E-state index is 11.5. The zero-order chi connectivity index (χ0) is 11.9. The number of carbonyl (C=O) groups excluding carboxylic acids is 1. The molecule has 0 saturated carbocycles. The van der Waals surface area contributed by atoms with E-state index < -0.39 is 5.97 Å². The largest absolute Gasteiger partial charge is 0.465 e. The number of fused-ring (bicyclic) bond motifs is 1. The Morgan fingerprint density at radius 2 is 2.19 bits per heavy atom. The fourth-order valence-electron chi connectivity index (χ4n) is 1.56. The van der Waals surface area contributed by atoms with E-state index in [2.05, 4.69) is 9.72 Å². The highest BCUT2D eigenvalue weighted by atomic mass is 35.5. The van der Waals surface area contributed by atoms with Gasteiger partial charge in [0.25, 0.3) is 0 Å². The number of aromatic nitrogens is 2. The maximum Gasteiger partial charge on any atom is 0.340 e. The summed E-state index contributed by atoms with van der Waals surface area (Å²) in [6.45, 7) is 0. The van der Waals surface area contributed by atoms with Crippen molar-refractivity contribution in [3.63, 3.8) is 0 Å². The van der Waals surface area contributed by atoms with Crippen molar-refractivity contribution in [1.82, 2.24) is 9.55 Å². The molecule has 0 radical (unpaired) electrons. The van der Waals surface area contributed by atoms with Crippen LogP contribution >= 0.6 is 11.6 Å². The van der Waals surface area contributed by atoms with Crippen LogP contribution in [0.1, 0.15) is 10.4 Å². The smallest absolute Gasteiger partial charge is 0.340 e. The number of H-pyrrole nitrogens is 1. The number of hydrogen-bond donors (Lipinski definition) is 1. The molecule has 1 N–H and O–H groups in total. The molecule has 0 saturated heterocycles. The lowest BCUT2D eigenvalue weighted by molar-refractivity contribution is 0.0603. The van der Waals surface area contributed by atoms with Crippen molar-refractivity contribution < 1.29 is 9.53 Å². The molecule has 2 aromatic rings. The van der Waals surface area contributed by atoms with Gasteiger partial charge in [0.2, 0.25) is 0 Å². The van der Waals surface area contributed by atoms with E-state index in [1.165, 1.54) is 17.7 Å². The van der Waals surface area contributed by atoms with Gasteiger partial charge in [-0.25, -0.2) is 9.59 Å². The lowest BCUT2D eigenvalue weighted by Gasteiger charge is -2.02. The molecule has 0 unspecified atom stereocenters. The predicted molar refractivity (Wildman–Crippen MR) is 59.9 cm³/mol. The topological polar surface area (TPSA) is 64.1 Å². The molecule has 0 aliphatic carbocycles. The van der Waals surface area contributed by atoms with E-state index >= 15 is 0 Å². The highest BCUT2D eigenvalue weighted by Crippen LogP contribution is 2.21. The Balaban J connectivity index is 2.88. The van der Waals surface area contributed by atoms with Crippen LogP contribution in [-0.4, -0.2) is 22.6 Å². The van der Waals surface area contributed by atoms with Gasteiger partial charge < -0.3 is 9.72 Å². The Morgan fingerprint density at radius 1 is 1.50 bits per heavy atom. The first-order chi connectivity index (χ1) is 7.54. The van der Waals surface area contributed by atoms with Crippen LogP contribution in [0.15, 0.2) is 16.9 Å². The lowest BCUT2D eigenvalue weighted by atomic mass is 10.2. The summed E-state index contributed by atoms with van der Waals surface area (Å²) < 4.78 is 6.00. The zero-order valence-corrected chi connectivity index (χ0v) is 9.46. The number of halogens is 1. The minimum atomic E-state index is -0.533.